The van der Waals surface area contributed by atoms with E-state index in [1.54, 1.807) is 18.7 Å². The molecule has 0 spiro atoms. The minimum atomic E-state index is -0.457. The van der Waals surface area contributed by atoms with Crippen molar-refractivity contribution in [3.05, 3.63) is 34.1 Å². The average molecular weight is 397 g/mol. The summed E-state index contributed by atoms with van der Waals surface area (Å²) >= 11 is 0. The number of rotatable bonds is 4. The number of piperazine rings is 1. The van der Waals surface area contributed by atoms with Crippen molar-refractivity contribution in [3.8, 4) is 6.07 Å². The largest absolute Gasteiger partial charge is 0.465 e. The van der Waals surface area contributed by atoms with Gasteiger partial charge in [-0.2, -0.15) is 5.26 Å². The molecule has 0 atom stereocenters. The van der Waals surface area contributed by atoms with Crippen LogP contribution in [0.1, 0.15) is 62.4 Å². The number of hydrogen-bond donors (Lipinski definition) is 1. The molecule has 9 heteroatoms. The third-order valence-electron chi connectivity index (χ3n) is 5.55. The van der Waals surface area contributed by atoms with Crippen molar-refractivity contribution in [1.29, 1.82) is 5.26 Å². The van der Waals surface area contributed by atoms with Gasteiger partial charge in [0.1, 0.15) is 11.8 Å². The number of carbonyl (C=O) groups excluding carboxylic acids is 2. The summed E-state index contributed by atoms with van der Waals surface area (Å²) in [7, 11) is 1.32. The first-order valence-electron chi connectivity index (χ1n) is 9.67. The lowest BCUT2D eigenvalue weighted by Crippen LogP contribution is -2.49. The van der Waals surface area contributed by atoms with Crippen LogP contribution in [-0.4, -0.2) is 60.0 Å². The Kier molecular flexibility index (Phi) is 4.78. The molecule has 29 heavy (non-hydrogen) atoms. The molecule has 3 heterocycles. The van der Waals surface area contributed by atoms with E-state index in [0.29, 0.717) is 72.1 Å². The Morgan fingerprint density at radius 1 is 1.24 bits per heavy atom. The number of aromatic nitrogens is 2. The zero-order chi connectivity index (χ0) is 20.7. The fraction of sp³-hybridized carbons (Fsp3) is 0.500. The normalized spacial score (nSPS) is 16.6. The summed E-state index contributed by atoms with van der Waals surface area (Å²) in [5.41, 5.74) is 2.33. The maximum atomic E-state index is 13.0. The van der Waals surface area contributed by atoms with E-state index in [4.69, 9.17) is 9.15 Å². The van der Waals surface area contributed by atoms with Gasteiger partial charge in [-0.05, 0) is 32.3 Å². The highest BCUT2D eigenvalue weighted by atomic mass is 16.5. The summed E-state index contributed by atoms with van der Waals surface area (Å²) in [4.78, 5) is 36.0. The average Bonchev–Trinajstić information content (AvgIpc) is 3.42. The molecule has 2 aromatic rings. The van der Waals surface area contributed by atoms with Crippen molar-refractivity contribution in [2.45, 2.75) is 32.6 Å². The number of esters is 1. The molecule has 9 nitrogen and oxygen atoms in total. The van der Waals surface area contributed by atoms with Crippen LogP contribution in [0.3, 0.4) is 0 Å². The SMILES string of the molecule is COC(=O)c1c(C)[nH]c(C(=O)N2CCN(c3oc(C4CC4)nc3C#N)CC2)c1C. The van der Waals surface area contributed by atoms with Gasteiger partial charge in [0.15, 0.2) is 0 Å². The van der Waals surface area contributed by atoms with E-state index in [1.807, 2.05) is 4.90 Å². The second-order valence-electron chi connectivity index (χ2n) is 7.49. The third kappa shape index (κ3) is 3.35. The van der Waals surface area contributed by atoms with Crippen LogP contribution in [0.5, 0.6) is 0 Å². The standard InChI is InChI=1S/C20H23N5O4/c1-11-15(20(27)28-3)12(2)22-16(11)18(26)24-6-8-25(9-7-24)19-14(10-21)23-17(29-19)13-4-5-13/h13,22H,4-9H2,1-3H3. The Bertz CT molecular complexity index is 1000. The number of oxazole rings is 1. The number of anilines is 1. The van der Waals surface area contributed by atoms with Crippen molar-refractivity contribution >= 4 is 17.8 Å². The summed E-state index contributed by atoms with van der Waals surface area (Å²) < 4.78 is 10.7. The van der Waals surface area contributed by atoms with Crippen LogP contribution in [0.2, 0.25) is 0 Å². The van der Waals surface area contributed by atoms with Gasteiger partial charge in [0.25, 0.3) is 5.91 Å². The van der Waals surface area contributed by atoms with Gasteiger partial charge in [0.05, 0.1) is 12.7 Å². The fourth-order valence-corrected chi connectivity index (χ4v) is 3.76. The van der Waals surface area contributed by atoms with Crippen LogP contribution in [0.25, 0.3) is 0 Å². The first-order valence-corrected chi connectivity index (χ1v) is 9.67. The number of aromatic amines is 1. The number of hydrogen-bond acceptors (Lipinski definition) is 7. The number of nitrogens with one attached hydrogen (secondary N) is 1. The van der Waals surface area contributed by atoms with Crippen molar-refractivity contribution in [1.82, 2.24) is 14.9 Å². The first-order chi connectivity index (χ1) is 13.9. The van der Waals surface area contributed by atoms with Crippen LogP contribution in [-0.2, 0) is 4.74 Å². The summed E-state index contributed by atoms with van der Waals surface area (Å²) in [5, 5.41) is 9.37. The lowest BCUT2D eigenvalue weighted by Gasteiger charge is -2.34. The van der Waals surface area contributed by atoms with Crippen LogP contribution in [0, 0.1) is 25.2 Å². The Morgan fingerprint density at radius 2 is 1.93 bits per heavy atom. The van der Waals surface area contributed by atoms with E-state index in [1.165, 1.54) is 7.11 Å². The lowest BCUT2D eigenvalue weighted by atomic mass is 10.1. The maximum Gasteiger partial charge on any atom is 0.339 e. The summed E-state index contributed by atoms with van der Waals surface area (Å²) in [5.74, 6) is 0.865. The molecule has 1 saturated heterocycles. The summed E-state index contributed by atoms with van der Waals surface area (Å²) in [6, 6.07) is 2.11. The zero-order valence-corrected chi connectivity index (χ0v) is 16.7. The van der Waals surface area contributed by atoms with Gasteiger partial charge in [-0.15, -0.1) is 0 Å². The number of carbonyl (C=O) groups is 2. The predicted molar refractivity (Wildman–Crippen MR) is 103 cm³/mol. The Hall–Kier alpha value is -3.28. The van der Waals surface area contributed by atoms with Crippen LogP contribution < -0.4 is 4.90 Å². The molecule has 4 rings (SSSR count). The monoisotopic (exact) mass is 397 g/mol. The van der Waals surface area contributed by atoms with Crippen molar-refractivity contribution in [2.75, 3.05) is 38.2 Å². The number of methoxy groups -OCH3 is 1. The smallest absolute Gasteiger partial charge is 0.339 e. The lowest BCUT2D eigenvalue weighted by molar-refractivity contribution is 0.0599. The molecular formula is C20H23N5O4. The molecule has 0 unspecified atom stereocenters. The van der Waals surface area contributed by atoms with Crippen LogP contribution in [0.4, 0.5) is 5.88 Å². The highest BCUT2D eigenvalue weighted by molar-refractivity contribution is 6.00. The third-order valence-corrected chi connectivity index (χ3v) is 5.55. The molecule has 2 aliphatic rings. The van der Waals surface area contributed by atoms with Gasteiger partial charge in [-0.1, -0.05) is 0 Å². The predicted octanol–water partition coefficient (Wildman–Crippen LogP) is 2.12. The molecule has 152 valence electrons. The molecule has 1 amide bonds. The molecule has 0 bridgehead atoms. The molecule has 2 aromatic heterocycles. The molecule has 1 N–H and O–H groups in total. The van der Waals surface area contributed by atoms with E-state index in [9.17, 15) is 14.9 Å². The Morgan fingerprint density at radius 3 is 2.52 bits per heavy atom. The van der Waals surface area contributed by atoms with Crippen molar-refractivity contribution in [2.24, 2.45) is 0 Å². The highest BCUT2D eigenvalue weighted by Crippen LogP contribution is 2.41. The number of nitrogens with zero attached hydrogens (tertiary/aromatic N) is 4. The van der Waals surface area contributed by atoms with Gasteiger partial charge in [-0.3, -0.25) is 4.79 Å². The quantitative estimate of drug-likeness (QED) is 0.786. The van der Waals surface area contributed by atoms with Gasteiger partial charge in [0, 0.05) is 37.8 Å². The van der Waals surface area contributed by atoms with Crippen LogP contribution in [0.15, 0.2) is 4.42 Å². The summed E-state index contributed by atoms with van der Waals surface area (Å²) in [6.45, 7) is 5.54. The van der Waals surface area contributed by atoms with Gasteiger partial charge < -0.3 is 23.9 Å². The molecule has 1 aliphatic heterocycles. The van der Waals surface area contributed by atoms with E-state index in [0.717, 1.165) is 12.8 Å². The molecule has 1 aliphatic carbocycles. The topological polar surface area (TPSA) is 115 Å². The zero-order valence-electron chi connectivity index (χ0n) is 16.7. The van der Waals surface area contributed by atoms with Crippen LogP contribution >= 0.6 is 0 Å². The van der Waals surface area contributed by atoms with E-state index >= 15 is 0 Å². The fourth-order valence-electron chi connectivity index (χ4n) is 3.76. The van der Waals surface area contributed by atoms with Crippen molar-refractivity contribution < 1.29 is 18.7 Å². The molecular weight excluding hydrogens is 374 g/mol. The van der Waals surface area contributed by atoms with Crippen molar-refractivity contribution in [3.63, 3.8) is 0 Å². The molecule has 0 aromatic carbocycles. The highest BCUT2D eigenvalue weighted by Gasteiger charge is 2.33. The molecule has 2 fully saturated rings. The minimum absolute atomic E-state index is 0.155. The summed E-state index contributed by atoms with van der Waals surface area (Å²) in [6.07, 6.45) is 2.10. The minimum Gasteiger partial charge on any atom is -0.465 e. The number of H-pyrrole nitrogens is 1. The van der Waals surface area contributed by atoms with Gasteiger partial charge >= 0.3 is 5.97 Å². The first kappa shape index (κ1) is 19.1. The number of amides is 1. The van der Waals surface area contributed by atoms with Gasteiger partial charge in [-0.25, -0.2) is 9.78 Å². The van der Waals surface area contributed by atoms with E-state index in [2.05, 4.69) is 16.0 Å². The van der Waals surface area contributed by atoms with E-state index < -0.39 is 5.97 Å². The second-order valence-corrected chi connectivity index (χ2v) is 7.49. The number of aryl methyl sites for hydroxylation is 1. The molecule has 1 saturated carbocycles. The number of nitriles is 1. The second kappa shape index (κ2) is 7.28. The number of ether oxygens (including phenoxy) is 1. The Labute approximate surface area is 168 Å². The Balaban J connectivity index is 1.47. The van der Waals surface area contributed by atoms with E-state index in [-0.39, 0.29) is 5.91 Å². The molecule has 0 radical (unpaired) electrons. The van der Waals surface area contributed by atoms with Gasteiger partial charge in [0.2, 0.25) is 17.5 Å². The maximum absolute atomic E-state index is 13.0.